The predicted octanol–water partition coefficient (Wildman–Crippen LogP) is 1.56. The molecule has 3 aromatic heterocycles. The number of fused-ring (bicyclic) bond motifs is 2. The molecule has 0 bridgehead atoms. The number of piperidine rings is 1. The molecular weight excluding hydrogens is 462 g/mol. The van der Waals surface area contributed by atoms with Crippen molar-refractivity contribution in [2.75, 3.05) is 31.2 Å². The molecule has 6 N–H and O–H groups in total. The second-order valence-corrected chi connectivity index (χ2v) is 10.2. The highest BCUT2D eigenvalue weighted by Crippen LogP contribution is 2.45. The number of carbonyl (C=O) groups excluding carboxylic acids is 1. The lowest BCUT2D eigenvalue weighted by Crippen LogP contribution is -2.57. The Balaban J connectivity index is 1.22. The van der Waals surface area contributed by atoms with Crippen LogP contribution in [-0.2, 0) is 4.74 Å². The fraction of sp³-hybridized carbons (Fsp3) is 0.458. The number of carbonyl (C=O) groups is 1. The molecule has 1 aromatic carbocycles. The van der Waals surface area contributed by atoms with Crippen LogP contribution in [0.15, 0.2) is 24.5 Å². The van der Waals surface area contributed by atoms with E-state index in [2.05, 4.69) is 24.9 Å². The summed E-state index contributed by atoms with van der Waals surface area (Å²) in [5, 5.41) is 11.2. The van der Waals surface area contributed by atoms with Crippen LogP contribution >= 0.6 is 0 Å². The molecule has 2 atom stereocenters. The fourth-order valence-corrected chi connectivity index (χ4v) is 5.53. The molecule has 6 rings (SSSR count). The van der Waals surface area contributed by atoms with Crippen molar-refractivity contribution >= 4 is 39.9 Å². The summed E-state index contributed by atoms with van der Waals surface area (Å²) in [5.41, 5.74) is 13.5. The number of likely N-dealkylation sites (tertiary alicyclic amines) is 1. The number of anilines is 2. The second-order valence-electron chi connectivity index (χ2n) is 10.2. The molecule has 12 heteroatoms. The van der Waals surface area contributed by atoms with Crippen LogP contribution in [0.25, 0.3) is 22.2 Å². The van der Waals surface area contributed by atoms with Gasteiger partial charge in [-0.05, 0) is 44.9 Å². The van der Waals surface area contributed by atoms with E-state index in [-0.39, 0.29) is 30.3 Å². The van der Waals surface area contributed by atoms with Crippen LogP contribution < -0.4 is 11.5 Å². The zero-order valence-electron chi connectivity index (χ0n) is 20.2. The normalized spacial score (nSPS) is 24.1. The maximum atomic E-state index is 13.2. The van der Waals surface area contributed by atoms with Crippen LogP contribution in [0.3, 0.4) is 0 Å². The first-order valence-electron chi connectivity index (χ1n) is 12.0. The van der Waals surface area contributed by atoms with E-state index in [0.29, 0.717) is 49.1 Å². The van der Waals surface area contributed by atoms with Crippen LogP contribution in [0.5, 0.6) is 0 Å². The van der Waals surface area contributed by atoms with Crippen molar-refractivity contribution in [3.8, 4) is 0 Å². The zero-order chi connectivity index (χ0) is 25.2. The van der Waals surface area contributed by atoms with Gasteiger partial charge in [0.25, 0.3) is 5.91 Å². The minimum Gasteiger partial charge on any atom is -0.386 e. The number of nitrogens with zero attached hydrogens (tertiary/aromatic N) is 6. The summed E-state index contributed by atoms with van der Waals surface area (Å²) in [7, 11) is 0. The topological polar surface area (TPSA) is 174 Å². The maximum Gasteiger partial charge on any atom is 0.253 e. The van der Waals surface area contributed by atoms with Crippen molar-refractivity contribution in [1.82, 2.24) is 34.4 Å². The molecule has 2 aliphatic rings. The Morgan fingerprint density at radius 1 is 1.22 bits per heavy atom. The average Bonchev–Trinajstić information content (AvgIpc) is 3.43. The van der Waals surface area contributed by atoms with Crippen molar-refractivity contribution in [3.63, 3.8) is 0 Å². The summed E-state index contributed by atoms with van der Waals surface area (Å²) in [5.74, 6) is 1.06. The number of aromatic nitrogens is 6. The molecule has 1 spiro atoms. The van der Waals surface area contributed by atoms with Crippen molar-refractivity contribution in [2.24, 2.45) is 0 Å². The van der Waals surface area contributed by atoms with Gasteiger partial charge in [0.1, 0.15) is 16.9 Å². The number of nitrogen functional groups attached to an aromatic ring is 2. The number of aliphatic hydroxyl groups is 1. The quantitative estimate of drug-likeness (QED) is 0.324. The van der Waals surface area contributed by atoms with Crippen molar-refractivity contribution < 1.29 is 14.6 Å². The van der Waals surface area contributed by atoms with Gasteiger partial charge in [-0.2, -0.15) is 9.97 Å². The van der Waals surface area contributed by atoms with Gasteiger partial charge in [0.15, 0.2) is 11.5 Å². The Kier molecular flexibility index (Phi) is 4.96. The van der Waals surface area contributed by atoms with Crippen molar-refractivity contribution in [3.05, 3.63) is 35.9 Å². The third kappa shape index (κ3) is 3.64. The highest BCUT2D eigenvalue weighted by molar-refractivity contribution is 5.97. The largest absolute Gasteiger partial charge is 0.386 e. The van der Waals surface area contributed by atoms with Crippen molar-refractivity contribution in [2.45, 2.75) is 50.4 Å². The number of imidazole rings is 2. The first-order chi connectivity index (χ1) is 17.1. The Morgan fingerprint density at radius 3 is 2.78 bits per heavy atom. The number of hydrogen-bond donors (Lipinski definition) is 4. The molecule has 12 nitrogen and oxygen atoms in total. The molecule has 0 saturated carbocycles. The lowest BCUT2D eigenvalue weighted by Gasteiger charge is -2.51. The molecular formula is C24H29N9O3. The highest BCUT2D eigenvalue weighted by Gasteiger charge is 2.50. The van der Waals surface area contributed by atoms with E-state index in [1.165, 1.54) is 0 Å². The number of nitrogens with two attached hydrogens (primary N) is 2. The van der Waals surface area contributed by atoms with Gasteiger partial charge in [-0.1, -0.05) is 0 Å². The Bertz CT molecular complexity index is 1480. The van der Waals surface area contributed by atoms with Gasteiger partial charge in [0.2, 0.25) is 5.95 Å². The van der Waals surface area contributed by atoms with Gasteiger partial charge < -0.3 is 35.8 Å². The molecule has 188 valence electrons. The average molecular weight is 492 g/mol. The van der Waals surface area contributed by atoms with Crippen LogP contribution in [0.4, 0.5) is 11.8 Å². The van der Waals surface area contributed by atoms with E-state index in [1.54, 1.807) is 13.3 Å². The van der Waals surface area contributed by atoms with Crippen molar-refractivity contribution in [1.29, 1.82) is 0 Å². The van der Waals surface area contributed by atoms with Gasteiger partial charge in [0, 0.05) is 25.1 Å². The highest BCUT2D eigenvalue weighted by atomic mass is 16.5. The molecule has 0 radical (unpaired) electrons. The first-order valence-corrected chi connectivity index (χ1v) is 12.0. The molecule has 0 aliphatic carbocycles. The zero-order valence-corrected chi connectivity index (χ0v) is 20.2. The van der Waals surface area contributed by atoms with Crippen LogP contribution in [0.1, 0.15) is 48.4 Å². The molecule has 5 heterocycles. The number of rotatable bonds is 2. The summed E-state index contributed by atoms with van der Waals surface area (Å²) in [6, 6.07) is 5.18. The molecule has 2 aliphatic heterocycles. The fourth-order valence-electron chi connectivity index (χ4n) is 5.53. The van der Waals surface area contributed by atoms with E-state index >= 15 is 0 Å². The van der Waals surface area contributed by atoms with E-state index in [4.69, 9.17) is 16.2 Å². The van der Waals surface area contributed by atoms with Crippen LogP contribution in [0.2, 0.25) is 0 Å². The summed E-state index contributed by atoms with van der Waals surface area (Å²) in [6.45, 7) is 4.90. The summed E-state index contributed by atoms with van der Waals surface area (Å²) < 4.78 is 8.11. The number of ether oxygens (including phenoxy) is 1. The Labute approximate surface area is 206 Å². The lowest BCUT2D eigenvalue weighted by molar-refractivity contribution is -0.198. The van der Waals surface area contributed by atoms with Gasteiger partial charge >= 0.3 is 0 Å². The SMILES string of the molecule is Cc1nc2ccc(C(=O)N3CCC4(CC3)C[C@H](n3cnc5c(N)nc(N)nc53)[C@@](C)(O)CO4)cc2[nH]1. The van der Waals surface area contributed by atoms with E-state index in [1.807, 2.05) is 34.6 Å². The molecule has 2 fully saturated rings. The number of H-pyrrole nitrogens is 1. The van der Waals surface area contributed by atoms with Gasteiger partial charge in [-0.15, -0.1) is 0 Å². The first kappa shape index (κ1) is 22.7. The van der Waals surface area contributed by atoms with E-state index in [0.717, 1.165) is 16.9 Å². The molecule has 36 heavy (non-hydrogen) atoms. The minimum atomic E-state index is -1.15. The number of nitrogens with one attached hydrogen (secondary N) is 1. The standard InChI is InChI=1S/C24H29N9O3/c1-13-28-15-4-3-14(9-16(15)29-13)21(34)32-7-5-24(6-8-32)10-17(23(2,35)11-36-24)33-12-27-18-19(25)30-22(26)31-20(18)33/h3-4,9,12,17,35H,5-8,10-11H2,1-2H3,(H,28,29)(H4,25,26,30,31)/t17-,23-/m0/s1. The third-order valence-electron chi connectivity index (χ3n) is 7.56. The summed E-state index contributed by atoms with van der Waals surface area (Å²) >= 11 is 0. The number of benzene rings is 1. The number of hydrogen-bond acceptors (Lipinski definition) is 9. The number of aromatic amines is 1. The summed E-state index contributed by atoms with van der Waals surface area (Å²) in [6.07, 6.45) is 3.47. The van der Waals surface area contributed by atoms with Gasteiger partial charge in [-0.25, -0.2) is 9.97 Å². The molecule has 0 unspecified atom stereocenters. The molecule has 1 amide bonds. The second kappa shape index (κ2) is 7.87. The van der Waals surface area contributed by atoms with Gasteiger partial charge in [0.05, 0.1) is 35.6 Å². The number of aryl methyl sites for hydroxylation is 1. The summed E-state index contributed by atoms with van der Waals surface area (Å²) in [4.78, 5) is 35.4. The molecule has 4 aromatic rings. The predicted molar refractivity (Wildman–Crippen MR) is 133 cm³/mol. The number of amides is 1. The van der Waals surface area contributed by atoms with Gasteiger partial charge in [-0.3, -0.25) is 4.79 Å². The minimum absolute atomic E-state index is 0.0124. The van der Waals surface area contributed by atoms with Crippen LogP contribution in [0, 0.1) is 6.92 Å². The monoisotopic (exact) mass is 491 g/mol. The Morgan fingerprint density at radius 2 is 2.00 bits per heavy atom. The third-order valence-corrected chi connectivity index (χ3v) is 7.56. The Hall–Kier alpha value is -3.77. The maximum absolute atomic E-state index is 13.2. The molecule has 2 saturated heterocycles. The van der Waals surface area contributed by atoms with E-state index < -0.39 is 11.2 Å². The lowest BCUT2D eigenvalue weighted by atomic mass is 9.77. The van der Waals surface area contributed by atoms with E-state index in [9.17, 15) is 9.90 Å². The van der Waals surface area contributed by atoms with Crippen LogP contribution in [-0.4, -0.2) is 76.3 Å². The smallest absolute Gasteiger partial charge is 0.253 e.